The average Bonchev–Trinajstić information content (AvgIpc) is 2.82. The Kier molecular flexibility index (Phi) is 4.40. The first-order valence-electron chi connectivity index (χ1n) is 6.49. The third-order valence-electron chi connectivity index (χ3n) is 3.19. The van der Waals surface area contributed by atoms with Gasteiger partial charge in [0.1, 0.15) is 0 Å². The van der Waals surface area contributed by atoms with E-state index in [-0.39, 0.29) is 6.10 Å². The molecule has 0 aromatic heterocycles. The molecular formula is C14H22N2O. The first kappa shape index (κ1) is 12.4. The lowest BCUT2D eigenvalue weighted by atomic mass is 10.1. The predicted molar refractivity (Wildman–Crippen MR) is 71.3 cm³/mol. The van der Waals surface area contributed by atoms with Gasteiger partial charge in [-0.3, -0.25) is 0 Å². The van der Waals surface area contributed by atoms with E-state index in [1.165, 1.54) is 37.2 Å². The van der Waals surface area contributed by atoms with Crippen LogP contribution in [0.1, 0.15) is 25.3 Å². The van der Waals surface area contributed by atoms with E-state index in [0.717, 1.165) is 6.54 Å². The molecule has 1 aliphatic heterocycles. The molecule has 1 aliphatic rings. The standard InChI is InChI=1S/C14H22N2O/c1-12(17)10-15-11-13-6-2-3-7-14(13)16-8-4-5-9-16/h2-3,6-7,12,15,17H,4-5,8-11H2,1H3. The van der Waals surface area contributed by atoms with Crippen molar-refractivity contribution >= 4 is 5.69 Å². The zero-order valence-corrected chi connectivity index (χ0v) is 10.5. The first-order valence-corrected chi connectivity index (χ1v) is 6.49. The topological polar surface area (TPSA) is 35.5 Å². The van der Waals surface area contributed by atoms with Gasteiger partial charge in [-0.25, -0.2) is 0 Å². The van der Waals surface area contributed by atoms with Crippen molar-refractivity contribution in [3.05, 3.63) is 29.8 Å². The molecule has 1 fully saturated rings. The molecule has 94 valence electrons. The molecule has 2 rings (SSSR count). The van der Waals surface area contributed by atoms with E-state index in [9.17, 15) is 5.11 Å². The van der Waals surface area contributed by atoms with Gasteiger partial charge in [-0.15, -0.1) is 0 Å². The van der Waals surface area contributed by atoms with Gasteiger partial charge in [0.25, 0.3) is 0 Å². The molecule has 1 atom stereocenters. The fourth-order valence-electron chi connectivity index (χ4n) is 2.34. The number of anilines is 1. The fraction of sp³-hybridized carbons (Fsp3) is 0.571. The van der Waals surface area contributed by atoms with Gasteiger partial charge in [-0.05, 0) is 31.4 Å². The minimum Gasteiger partial charge on any atom is -0.392 e. The number of hydrogen-bond acceptors (Lipinski definition) is 3. The summed E-state index contributed by atoms with van der Waals surface area (Å²) in [5, 5.41) is 12.5. The number of para-hydroxylation sites is 1. The van der Waals surface area contributed by atoms with Gasteiger partial charge >= 0.3 is 0 Å². The fourth-order valence-corrected chi connectivity index (χ4v) is 2.34. The third-order valence-corrected chi connectivity index (χ3v) is 3.19. The lowest BCUT2D eigenvalue weighted by molar-refractivity contribution is 0.191. The molecule has 3 heteroatoms. The van der Waals surface area contributed by atoms with E-state index in [4.69, 9.17) is 0 Å². The maximum absolute atomic E-state index is 9.24. The van der Waals surface area contributed by atoms with Crippen molar-refractivity contribution in [2.24, 2.45) is 0 Å². The minimum atomic E-state index is -0.283. The Morgan fingerprint density at radius 3 is 2.71 bits per heavy atom. The highest BCUT2D eigenvalue weighted by Crippen LogP contribution is 2.24. The second-order valence-electron chi connectivity index (χ2n) is 4.80. The van der Waals surface area contributed by atoms with Crippen LogP contribution in [0.4, 0.5) is 5.69 Å². The van der Waals surface area contributed by atoms with Crippen molar-refractivity contribution in [1.29, 1.82) is 0 Å². The number of aliphatic hydroxyl groups is 1. The Morgan fingerprint density at radius 2 is 2.00 bits per heavy atom. The van der Waals surface area contributed by atoms with Crippen LogP contribution in [0, 0.1) is 0 Å². The molecule has 1 aromatic rings. The van der Waals surface area contributed by atoms with Crippen LogP contribution in [-0.2, 0) is 6.54 Å². The monoisotopic (exact) mass is 234 g/mol. The van der Waals surface area contributed by atoms with E-state index in [2.05, 4.69) is 34.5 Å². The molecule has 0 aliphatic carbocycles. The molecule has 17 heavy (non-hydrogen) atoms. The number of nitrogens with zero attached hydrogens (tertiary/aromatic N) is 1. The molecule has 1 saturated heterocycles. The third kappa shape index (κ3) is 3.45. The summed E-state index contributed by atoms with van der Waals surface area (Å²) < 4.78 is 0. The van der Waals surface area contributed by atoms with E-state index in [1.807, 2.05) is 0 Å². The summed E-state index contributed by atoms with van der Waals surface area (Å²) in [6.45, 7) is 5.63. The summed E-state index contributed by atoms with van der Waals surface area (Å²) in [6, 6.07) is 8.55. The highest BCUT2D eigenvalue weighted by molar-refractivity contribution is 5.54. The van der Waals surface area contributed by atoms with Gasteiger partial charge in [0.05, 0.1) is 6.10 Å². The summed E-state index contributed by atoms with van der Waals surface area (Å²) >= 11 is 0. The number of nitrogens with one attached hydrogen (secondary N) is 1. The Bertz CT molecular complexity index is 346. The van der Waals surface area contributed by atoms with E-state index >= 15 is 0 Å². The van der Waals surface area contributed by atoms with Crippen molar-refractivity contribution in [1.82, 2.24) is 5.32 Å². The highest BCUT2D eigenvalue weighted by Gasteiger charge is 2.14. The maximum atomic E-state index is 9.24. The van der Waals surface area contributed by atoms with E-state index < -0.39 is 0 Å². The Labute approximate surface area is 103 Å². The number of aliphatic hydroxyl groups excluding tert-OH is 1. The van der Waals surface area contributed by atoms with Gasteiger partial charge in [0.15, 0.2) is 0 Å². The molecule has 1 aromatic carbocycles. The van der Waals surface area contributed by atoms with Gasteiger partial charge in [-0.1, -0.05) is 18.2 Å². The number of rotatable bonds is 5. The zero-order valence-electron chi connectivity index (χ0n) is 10.5. The summed E-state index contributed by atoms with van der Waals surface area (Å²) in [5.41, 5.74) is 2.68. The SMILES string of the molecule is CC(O)CNCc1ccccc1N1CCCC1. The van der Waals surface area contributed by atoms with Crippen LogP contribution in [0.5, 0.6) is 0 Å². The van der Waals surface area contributed by atoms with Crippen molar-refractivity contribution in [2.45, 2.75) is 32.4 Å². The summed E-state index contributed by atoms with van der Waals surface area (Å²) in [7, 11) is 0. The van der Waals surface area contributed by atoms with Crippen LogP contribution in [0.3, 0.4) is 0 Å². The predicted octanol–water partition coefficient (Wildman–Crippen LogP) is 1.76. The van der Waals surface area contributed by atoms with Crippen LogP contribution in [0.25, 0.3) is 0 Å². The second-order valence-corrected chi connectivity index (χ2v) is 4.80. The van der Waals surface area contributed by atoms with Crippen molar-refractivity contribution in [2.75, 3.05) is 24.5 Å². The largest absolute Gasteiger partial charge is 0.392 e. The maximum Gasteiger partial charge on any atom is 0.0636 e. The summed E-state index contributed by atoms with van der Waals surface area (Å²) in [5.74, 6) is 0. The van der Waals surface area contributed by atoms with E-state index in [0.29, 0.717) is 6.54 Å². The van der Waals surface area contributed by atoms with Crippen LogP contribution in [0.2, 0.25) is 0 Å². The molecule has 0 saturated carbocycles. The summed E-state index contributed by atoms with van der Waals surface area (Å²) in [4.78, 5) is 2.46. The highest BCUT2D eigenvalue weighted by atomic mass is 16.3. The Morgan fingerprint density at radius 1 is 1.29 bits per heavy atom. The molecule has 0 radical (unpaired) electrons. The average molecular weight is 234 g/mol. The quantitative estimate of drug-likeness (QED) is 0.815. The lowest BCUT2D eigenvalue weighted by Gasteiger charge is -2.21. The Balaban J connectivity index is 2.00. The lowest BCUT2D eigenvalue weighted by Crippen LogP contribution is -2.26. The molecule has 0 amide bonds. The molecule has 0 spiro atoms. The van der Waals surface area contributed by atoms with Crippen molar-refractivity contribution in [3.8, 4) is 0 Å². The molecule has 0 bridgehead atoms. The summed E-state index contributed by atoms with van der Waals surface area (Å²) in [6.07, 6.45) is 2.32. The smallest absolute Gasteiger partial charge is 0.0636 e. The van der Waals surface area contributed by atoms with Gasteiger partial charge in [-0.2, -0.15) is 0 Å². The van der Waals surface area contributed by atoms with Crippen molar-refractivity contribution < 1.29 is 5.11 Å². The molecule has 1 unspecified atom stereocenters. The van der Waals surface area contributed by atoms with Gasteiger partial charge in [0.2, 0.25) is 0 Å². The molecule has 3 nitrogen and oxygen atoms in total. The molecular weight excluding hydrogens is 212 g/mol. The normalized spacial score (nSPS) is 17.4. The van der Waals surface area contributed by atoms with Crippen LogP contribution >= 0.6 is 0 Å². The molecule has 2 N–H and O–H groups in total. The van der Waals surface area contributed by atoms with E-state index in [1.54, 1.807) is 6.92 Å². The van der Waals surface area contributed by atoms with Crippen LogP contribution in [-0.4, -0.2) is 30.8 Å². The first-order chi connectivity index (χ1) is 8.27. The minimum absolute atomic E-state index is 0.283. The van der Waals surface area contributed by atoms with Gasteiger partial charge in [0, 0.05) is 31.9 Å². The molecule has 1 heterocycles. The van der Waals surface area contributed by atoms with Crippen LogP contribution in [0.15, 0.2) is 24.3 Å². The van der Waals surface area contributed by atoms with Crippen LogP contribution < -0.4 is 10.2 Å². The zero-order chi connectivity index (χ0) is 12.1. The number of hydrogen-bond donors (Lipinski definition) is 2. The van der Waals surface area contributed by atoms with Crippen molar-refractivity contribution in [3.63, 3.8) is 0 Å². The number of benzene rings is 1. The van der Waals surface area contributed by atoms with Gasteiger partial charge < -0.3 is 15.3 Å². The second kappa shape index (κ2) is 6.03. The Hall–Kier alpha value is -1.06.